The summed E-state index contributed by atoms with van der Waals surface area (Å²) >= 11 is 0. The van der Waals surface area contributed by atoms with Crippen LogP contribution in [0, 0.1) is 10.1 Å². The van der Waals surface area contributed by atoms with E-state index in [1.54, 1.807) is 30.0 Å². The first-order chi connectivity index (χ1) is 11.5. The number of nitrogens with zero attached hydrogens (tertiary/aromatic N) is 3. The number of anilines is 1. The lowest BCUT2D eigenvalue weighted by Crippen LogP contribution is -1.96. The molecular formula is C18H26N4O2. The minimum absolute atomic E-state index is 0.0174. The number of pyridine rings is 1. The summed E-state index contributed by atoms with van der Waals surface area (Å²) in [6, 6.07) is 3.65. The molecule has 0 aliphatic heterocycles. The van der Waals surface area contributed by atoms with Gasteiger partial charge in [-0.1, -0.05) is 34.3 Å². The van der Waals surface area contributed by atoms with E-state index in [9.17, 15) is 10.1 Å². The van der Waals surface area contributed by atoms with Crippen molar-refractivity contribution in [1.82, 2.24) is 9.55 Å². The largest absolute Gasteiger partial charge is 0.383 e. The van der Waals surface area contributed by atoms with Crippen LogP contribution < -0.4 is 5.73 Å². The maximum Gasteiger partial charge on any atom is 0.265 e. The standard InChI is InChI=1S/C14H14N4O2.2C2H6/c1-3-11(18(19)20)5-4-10(2)17-9-7-12-13(17)6-8-16-14(12)15;2*1-2/h3-9H,2H2,1H3,(H2,15,16);2*1-2H3/b5-4-,11-3+;;. The summed E-state index contributed by atoms with van der Waals surface area (Å²) in [6.07, 6.45) is 7.85. The highest BCUT2D eigenvalue weighted by atomic mass is 16.6. The zero-order valence-corrected chi connectivity index (χ0v) is 15.0. The summed E-state index contributed by atoms with van der Waals surface area (Å²) in [4.78, 5) is 14.3. The van der Waals surface area contributed by atoms with E-state index in [1.165, 1.54) is 12.2 Å². The second kappa shape index (κ2) is 10.8. The molecule has 6 nitrogen and oxygen atoms in total. The molecule has 24 heavy (non-hydrogen) atoms. The van der Waals surface area contributed by atoms with Crippen molar-refractivity contribution in [2.45, 2.75) is 34.6 Å². The van der Waals surface area contributed by atoms with Gasteiger partial charge < -0.3 is 10.3 Å². The third-order valence-corrected chi connectivity index (χ3v) is 2.91. The minimum Gasteiger partial charge on any atom is -0.383 e. The second-order valence-electron chi connectivity index (χ2n) is 4.11. The van der Waals surface area contributed by atoms with E-state index in [1.807, 2.05) is 39.8 Å². The molecule has 2 N–H and O–H groups in total. The van der Waals surface area contributed by atoms with Crippen molar-refractivity contribution < 1.29 is 4.92 Å². The number of aromatic nitrogens is 2. The van der Waals surface area contributed by atoms with E-state index in [-0.39, 0.29) is 5.70 Å². The van der Waals surface area contributed by atoms with Crippen LogP contribution in [0.1, 0.15) is 34.6 Å². The van der Waals surface area contributed by atoms with Crippen molar-refractivity contribution >= 4 is 22.4 Å². The zero-order valence-electron chi connectivity index (χ0n) is 15.0. The van der Waals surface area contributed by atoms with Crippen LogP contribution in [0.15, 0.2) is 55.0 Å². The number of hydrogen-bond acceptors (Lipinski definition) is 4. The van der Waals surface area contributed by atoms with Gasteiger partial charge in [0, 0.05) is 29.6 Å². The zero-order chi connectivity index (χ0) is 18.7. The average Bonchev–Trinajstić information content (AvgIpc) is 3.04. The number of nitrogens with two attached hydrogens (primary N) is 1. The Kier molecular flexibility index (Phi) is 9.48. The molecule has 0 aromatic carbocycles. The minimum atomic E-state index is -0.445. The average molecular weight is 330 g/mol. The molecule has 6 heteroatoms. The van der Waals surface area contributed by atoms with Crippen molar-refractivity contribution in [3.8, 4) is 0 Å². The number of allylic oxidation sites excluding steroid dienone is 4. The highest BCUT2D eigenvalue weighted by Crippen LogP contribution is 2.23. The quantitative estimate of drug-likeness (QED) is 0.492. The fourth-order valence-electron chi connectivity index (χ4n) is 1.86. The second-order valence-corrected chi connectivity index (χ2v) is 4.11. The van der Waals surface area contributed by atoms with Crippen LogP contribution in [-0.2, 0) is 0 Å². The first-order valence-electron chi connectivity index (χ1n) is 7.94. The number of hydrogen-bond donors (Lipinski definition) is 1. The smallest absolute Gasteiger partial charge is 0.265 e. The predicted molar refractivity (Wildman–Crippen MR) is 102 cm³/mol. The van der Waals surface area contributed by atoms with Gasteiger partial charge >= 0.3 is 0 Å². The van der Waals surface area contributed by atoms with E-state index >= 15 is 0 Å². The molecule has 2 aromatic rings. The third kappa shape index (κ3) is 5.08. The van der Waals surface area contributed by atoms with E-state index in [4.69, 9.17) is 5.73 Å². The summed E-state index contributed by atoms with van der Waals surface area (Å²) in [6.45, 7) is 13.5. The number of fused-ring (bicyclic) bond motifs is 1. The molecule has 0 atom stereocenters. The van der Waals surface area contributed by atoms with Gasteiger partial charge in [-0.05, 0) is 31.2 Å². The Morgan fingerprint density at radius 3 is 2.46 bits per heavy atom. The van der Waals surface area contributed by atoms with Gasteiger partial charge in [0.2, 0.25) is 0 Å². The first kappa shape index (κ1) is 21.1. The van der Waals surface area contributed by atoms with Crippen molar-refractivity contribution in [2.75, 3.05) is 5.73 Å². The molecule has 0 saturated heterocycles. The van der Waals surface area contributed by atoms with Crippen molar-refractivity contribution in [1.29, 1.82) is 0 Å². The molecule has 0 saturated carbocycles. The highest BCUT2D eigenvalue weighted by Gasteiger charge is 2.07. The molecule has 0 unspecified atom stereocenters. The summed E-state index contributed by atoms with van der Waals surface area (Å²) < 4.78 is 1.80. The Labute approximate surface area is 143 Å². The topological polar surface area (TPSA) is 87.0 Å². The summed E-state index contributed by atoms with van der Waals surface area (Å²) in [5.41, 5.74) is 7.26. The van der Waals surface area contributed by atoms with Gasteiger partial charge in [-0.3, -0.25) is 10.1 Å². The fraction of sp³-hybridized carbons (Fsp3) is 0.278. The molecule has 0 aliphatic rings. The summed E-state index contributed by atoms with van der Waals surface area (Å²) in [7, 11) is 0. The van der Waals surface area contributed by atoms with Gasteiger partial charge in [0.15, 0.2) is 0 Å². The van der Waals surface area contributed by atoms with Crippen LogP contribution in [-0.4, -0.2) is 14.5 Å². The van der Waals surface area contributed by atoms with Crippen molar-refractivity contribution in [2.24, 2.45) is 0 Å². The Balaban J connectivity index is 0.00000123. The molecule has 2 heterocycles. The van der Waals surface area contributed by atoms with Crippen LogP contribution in [0.4, 0.5) is 5.82 Å². The van der Waals surface area contributed by atoms with E-state index in [2.05, 4.69) is 11.6 Å². The maximum atomic E-state index is 10.7. The molecule has 0 aliphatic carbocycles. The summed E-state index contributed by atoms with van der Waals surface area (Å²) in [5, 5.41) is 11.5. The van der Waals surface area contributed by atoms with Crippen LogP contribution in [0.25, 0.3) is 16.6 Å². The van der Waals surface area contributed by atoms with Gasteiger partial charge in [-0.25, -0.2) is 4.98 Å². The highest BCUT2D eigenvalue weighted by molar-refractivity contribution is 5.91. The fourth-order valence-corrected chi connectivity index (χ4v) is 1.86. The lowest BCUT2D eigenvalue weighted by Gasteiger charge is -2.04. The van der Waals surface area contributed by atoms with E-state index < -0.39 is 4.92 Å². The summed E-state index contributed by atoms with van der Waals surface area (Å²) in [5.74, 6) is 0.442. The van der Waals surface area contributed by atoms with Crippen LogP contribution in [0.2, 0.25) is 0 Å². The molecule has 2 rings (SSSR count). The lowest BCUT2D eigenvalue weighted by molar-refractivity contribution is -0.419. The first-order valence-corrected chi connectivity index (χ1v) is 7.94. The van der Waals surface area contributed by atoms with E-state index in [0.29, 0.717) is 11.5 Å². The molecule has 130 valence electrons. The molecule has 0 radical (unpaired) electrons. The Hall–Kier alpha value is -2.89. The number of rotatable bonds is 4. The number of nitro groups is 1. The Morgan fingerprint density at radius 2 is 1.92 bits per heavy atom. The van der Waals surface area contributed by atoms with Crippen LogP contribution in [0.5, 0.6) is 0 Å². The molecular weight excluding hydrogens is 304 g/mol. The Bertz CT molecular complexity index is 743. The van der Waals surface area contributed by atoms with Gasteiger partial charge in [0.05, 0.1) is 10.4 Å². The maximum absolute atomic E-state index is 10.7. The van der Waals surface area contributed by atoms with Gasteiger partial charge in [0.25, 0.3) is 5.70 Å². The molecule has 2 aromatic heterocycles. The van der Waals surface area contributed by atoms with Gasteiger partial charge in [-0.2, -0.15) is 0 Å². The normalized spacial score (nSPS) is 10.6. The SMILES string of the molecule is C=C(/C=C\C(=C/C)[N+](=O)[O-])n1ccc2c(N)nccc21.CC.CC. The Morgan fingerprint density at radius 1 is 1.29 bits per heavy atom. The third-order valence-electron chi connectivity index (χ3n) is 2.91. The van der Waals surface area contributed by atoms with Crippen molar-refractivity contribution in [3.05, 3.63) is 65.1 Å². The van der Waals surface area contributed by atoms with E-state index in [0.717, 1.165) is 10.9 Å². The van der Waals surface area contributed by atoms with Gasteiger partial charge in [0.1, 0.15) is 5.82 Å². The molecule has 0 amide bonds. The molecule has 0 bridgehead atoms. The van der Waals surface area contributed by atoms with Crippen LogP contribution >= 0.6 is 0 Å². The van der Waals surface area contributed by atoms with Crippen molar-refractivity contribution in [3.63, 3.8) is 0 Å². The number of nitrogen functional groups attached to an aromatic ring is 1. The van der Waals surface area contributed by atoms with Crippen LogP contribution in [0.3, 0.4) is 0 Å². The monoisotopic (exact) mass is 330 g/mol. The molecule has 0 spiro atoms. The molecule has 0 fully saturated rings. The van der Waals surface area contributed by atoms with Gasteiger partial charge in [-0.15, -0.1) is 0 Å². The predicted octanol–water partition coefficient (Wildman–Crippen LogP) is 4.88. The lowest BCUT2D eigenvalue weighted by atomic mass is 10.3.